The molecule has 1 aromatic rings. The minimum Gasteiger partial charge on any atom is -0.462 e. The van der Waals surface area contributed by atoms with Crippen molar-refractivity contribution in [3.63, 3.8) is 0 Å². The second kappa shape index (κ2) is 15.5. The summed E-state index contributed by atoms with van der Waals surface area (Å²) >= 11 is 0. The highest BCUT2D eigenvalue weighted by atomic mass is 32.2. The highest BCUT2D eigenvalue weighted by molar-refractivity contribution is 7.91. The van der Waals surface area contributed by atoms with Gasteiger partial charge in [-0.3, -0.25) is 24.0 Å². The summed E-state index contributed by atoms with van der Waals surface area (Å²) in [6.07, 6.45) is 0.982. The van der Waals surface area contributed by atoms with Gasteiger partial charge in [-0.25, -0.2) is 22.8 Å². The van der Waals surface area contributed by atoms with Crippen LogP contribution in [0.2, 0.25) is 0 Å². The number of hydrogen-bond donors (Lipinski definition) is 3. The summed E-state index contributed by atoms with van der Waals surface area (Å²) in [5.74, 6) is -2.96. The molecule has 17 heteroatoms. The average Bonchev–Trinajstić information content (AvgIpc) is 4.02. The fraction of sp³-hybridized carbons (Fsp3) is 0.692. The molecule has 1 unspecified atom stereocenters. The van der Waals surface area contributed by atoms with Gasteiger partial charge in [0.1, 0.15) is 23.7 Å². The van der Waals surface area contributed by atoms with Gasteiger partial charge in [0.2, 0.25) is 21.8 Å². The lowest BCUT2D eigenvalue weighted by Crippen LogP contribution is -2.60. The average molecular weight is 802 g/mol. The van der Waals surface area contributed by atoms with Crippen LogP contribution >= 0.6 is 0 Å². The van der Waals surface area contributed by atoms with E-state index in [0.29, 0.717) is 44.1 Å². The zero-order valence-electron chi connectivity index (χ0n) is 33.1. The van der Waals surface area contributed by atoms with Crippen LogP contribution < -0.4 is 15.4 Å². The summed E-state index contributed by atoms with van der Waals surface area (Å²) in [7, 11) is -3.90. The Kier molecular flexibility index (Phi) is 11.4. The lowest BCUT2D eigenvalue weighted by molar-refractivity contribution is -0.143. The van der Waals surface area contributed by atoms with Crippen LogP contribution in [0.1, 0.15) is 114 Å². The molecule has 5 atom stereocenters. The molecule has 56 heavy (non-hydrogen) atoms. The maximum absolute atomic E-state index is 14.6. The zero-order chi connectivity index (χ0) is 40.8. The third-order valence-corrected chi connectivity index (χ3v) is 13.4. The van der Waals surface area contributed by atoms with Crippen LogP contribution in [-0.2, 0) is 51.7 Å². The van der Waals surface area contributed by atoms with Crippen LogP contribution in [0.15, 0.2) is 18.2 Å². The summed E-state index contributed by atoms with van der Waals surface area (Å²) in [6.45, 7) is 11.5. The number of rotatable bonds is 6. The molecule has 308 valence electrons. The number of alkyl carbamates (subject to hydrolysis) is 1. The molecule has 1 saturated heterocycles. The van der Waals surface area contributed by atoms with E-state index >= 15 is 0 Å². The van der Waals surface area contributed by atoms with Crippen molar-refractivity contribution in [2.45, 2.75) is 135 Å². The number of carbonyl (C=O) groups excluding carboxylic acids is 6. The number of ether oxygens (including phenoxy) is 3. The number of amides is 5. The quantitative estimate of drug-likeness (QED) is 0.280. The van der Waals surface area contributed by atoms with Gasteiger partial charge in [-0.15, -0.1) is 0 Å². The highest BCUT2D eigenvalue weighted by Gasteiger charge is 2.62. The maximum Gasteiger partial charge on any atom is 0.410 e. The first kappa shape index (κ1) is 41.2. The second-order valence-electron chi connectivity index (χ2n) is 17.8. The Morgan fingerprint density at radius 2 is 1.73 bits per heavy atom. The molecule has 16 nitrogen and oxygen atoms in total. The molecule has 0 spiro atoms. The molecule has 3 N–H and O–H groups in total. The van der Waals surface area contributed by atoms with Crippen LogP contribution in [0.4, 0.5) is 9.59 Å². The number of benzene rings is 1. The van der Waals surface area contributed by atoms with Crippen LogP contribution in [-0.4, -0.2) is 103 Å². The number of nitrogens with zero attached hydrogens (tertiary/aromatic N) is 2. The van der Waals surface area contributed by atoms with Crippen molar-refractivity contribution in [1.82, 2.24) is 25.2 Å². The minimum atomic E-state index is -3.90. The molecular formula is C39H55N5O11S. The number of hydrogen-bond acceptors (Lipinski definition) is 11. The summed E-state index contributed by atoms with van der Waals surface area (Å²) in [5, 5.41) is 4.86. The Morgan fingerprint density at radius 3 is 2.39 bits per heavy atom. The van der Waals surface area contributed by atoms with Gasteiger partial charge < -0.3 is 29.7 Å². The molecule has 6 rings (SSSR count). The first-order valence-corrected chi connectivity index (χ1v) is 21.1. The second-order valence-corrected chi connectivity index (χ2v) is 19.8. The Morgan fingerprint density at radius 1 is 1.02 bits per heavy atom. The first-order valence-electron chi connectivity index (χ1n) is 19.6. The smallest absolute Gasteiger partial charge is 0.410 e. The fourth-order valence-corrected chi connectivity index (χ4v) is 9.16. The maximum atomic E-state index is 14.6. The normalized spacial score (nSPS) is 28.8. The number of carbonyl (C=O) groups is 6. The molecule has 2 aliphatic carbocycles. The Balaban J connectivity index is 1.27. The van der Waals surface area contributed by atoms with E-state index in [1.807, 2.05) is 20.8 Å². The van der Waals surface area contributed by atoms with E-state index in [9.17, 15) is 37.2 Å². The third kappa shape index (κ3) is 9.07. The fourth-order valence-electron chi connectivity index (χ4n) is 7.80. The van der Waals surface area contributed by atoms with Crippen LogP contribution in [0.25, 0.3) is 0 Å². The minimum absolute atomic E-state index is 0.0429. The number of esters is 1. The monoisotopic (exact) mass is 801 g/mol. The summed E-state index contributed by atoms with van der Waals surface area (Å²) < 4.78 is 44.7. The number of fused-ring (bicyclic) bond motifs is 4. The molecule has 5 aliphatic rings. The SMILES string of the molecule is CC[C@H]1C[C@@]1(NC(=O)[C@@H]1CC2CN1C(=O)[C@H](C(C)(C)C)NC(=O)OCC(C)(C)CCCCOC(=O)c1ccc3c(c1)CN(C3)C(=O)O2)C(=O)NS(=O)(=O)C1CC1. The van der Waals surface area contributed by atoms with Crippen molar-refractivity contribution < 1.29 is 51.4 Å². The van der Waals surface area contributed by atoms with E-state index in [-0.39, 0.29) is 51.6 Å². The van der Waals surface area contributed by atoms with E-state index in [4.69, 9.17) is 14.2 Å². The van der Waals surface area contributed by atoms with E-state index in [1.165, 1.54) is 9.80 Å². The van der Waals surface area contributed by atoms with Gasteiger partial charge in [0.25, 0.3) is 5.91 Å². The van der Waals surface area contributed by atoms with Gasteiger partial charge in [-0.2, -0.15) is 0 Å². The van der Waals surface area contributed by atoms with Crippen molar-refractivity contribution in [2.24, 2.45) is 16.7 Å². The van der Waals surface area contributed by atoms with E-state index in [2.05, 4.69) is 15.4 Å². The van der Waals surface area contributed by atoms with E-state index < -0.39 is 85.7 Å². The molecule has 5 bridgehead atoms. The van der Waals surface area contributed by atoms with Crippen molar-refractivity contribution in [1.29, 1.82) is 0 Å². The predicted octanol–water partition coefficient (Wildman–Crippen LogP) is 3.51. The molecule has 3 aliphatic heterocycles. The standard InChI is InChI=1S/C39H55N5O11S/c1-7-26-18-39(26,34(48)42-56(51,52)28-12-13-28)41-31(45)29-17-27-21-44(29)32(46)30(37(2,3)4)40-35(49)54-22-38(5,6)14-8-9-15-53-33(47)23-10-11-24-19-43(36(50)55-27)20-25(24)16-23/h10-11,16,26-30H,7-9,12-15,17-22H2,1-6H3,(H,40,49)(H,41,45)(H,42,48)/t26-,27?,29-,30+,39-/m0/s1. The third-order valence-electron chi connectivity index (χ3n) is 11.5. The van der Waals surface area contributed by atoms with Gasteiger partial charge in [0, 0.05) is 19.5 Å². The van der Waals surface area contributed by atoms with Gasteiger partial charge in [0.05, 0.1) is 30.6 Å². The number of cyclic esters (lactones) is 2. The first-order chi connectivity index (χ1) is 26.2. The van der Waals surface area contributed by atoms with Crippen molar-refractivity contribution in [3.8, 4) is 0 Å². The van der Waals surface area contributed by atoms with Crippen LogP contribution in [0, 0.1) is 16.7 Å². The summed E-state index contributed by atoms with van der Waals surface area (Å²) in [4.78, 5) is 84.8. The van der Waals surface area contributed by atoms with Gasteiger partial charge in [-0.05, 0) is 78.5 Å². The Labute approximate surface area is 328 Å². The molecule has 5 amide bonds. The molecule has 0 radical (unpaired) electrons. The zero-order valence-corrected chi connectivity index (χ0v) is 33.9. The molecule has 2 saturated carbocycles. The lowest BCUT2D eigenvalue weighted by Gasteiger charge is -2.35. The summed E-state index contributed by atoms with van der Waals surface area (Å²) in [6, 6.07) is 2.73. The Bertz CT molecular complexity index is 1870. The molecule has 1 aromatic carbocycles. The van der Waals surface area contributed by atoms with E-state index in [0.717, 1.165) is 11.1 Å². The van der Waals surface area contributed by atoms with E-state index in [1.54, 1.807) is 39.0 Å². The van der Waals surface area contributed by atoms with Crippen molar-refractivity contribution in [2.75, 3.05) is 19.8 Å². The largest absolute Gasteiger partial charge is 0.462 e. The van der Waals surface area contributed by atoms with Crippen LogP contribution in [0.3, 0.4) is 0 Å². The summed E-state index contributed by atoms with van der Waals surface area (Å²) in [5.41, 5.74) is -0.831. The number of sulfonamides is 1. The Hall–Kier alpha value is -4.41. The molecule has 3 heterocycles. The van der Waals surface area contributed by atoms with Gasteiger partial charge >= 0.3 is 18.2 Å². The lowest BCUT2D eigenvalue weighted by atomic mass is 9.85. The van der Waals surface area contributed by atoms with Gasteiger partial charge in [-0.1, -0.05) is 54.0 Å². The van der Waals surface area contributed by atoms with Crippen molar-refractivity contribution >= 4 is 45.9 Å². The molecule has 3 fully saturated rings. The van der Waals surface area contributed by atoms with Crippen molar-refractivity contribution in [3.05, 3.63) is 34.9 Å². The topological polar surface area (TPSA) is 207 Å². The molecular weight excluding hydrogens is 747 g/mol. The highest BCUT2D eigenvalue weighted by Crippen LogP contribution is 2.47. The van der Waals surface area contributed by atoms with Gasteiger partial charge in [0.15, 0.2) is 0 Å². The molecule has 0 aromatic heterocycles. The van der Waals surface area contributed by atoms with Crippen LogP contribution in [0.5, 0.6) is 0 Å². The predicted molar refractivity (Wildman–Crippen MR) is 201 cm³/mol. The number of nitrogens with one attached hydrogen (secondary N) is 3.